The highest BCUT2D eigenvalue weighted by Gasteiger charge is 2.40. The molecule has 1 amide bonds. The van der Waals surface area contributed by atoms with Gasteiger partial charge >= 0.3 is 0 Å². The maximum atomic E-state index is 12.7. The quantitative estimate of drug-likeness (QED) is 0.881. The van der Waals surface area contributed by atoms with Gasteiger partial charge in [-0.3, -0.25) is 4.79 Å². The molecular weight excluding hydrogens is 340 g/mol. The number of nitrogens with one attached hydrogen (secondary N) is 1. The fourth-order valence-corrected chi connectivity index (χ4v) is 5.86. The molecule has 1 aliphatic heterocycles. The number of nitrogens with zero attached hydrogens (tertiary/aromatic N) is 1. The van der Waals surface area contributed by atoms with Gasteiger partial charge in [-0.05, 0) is 49.3 Å². The molecule has 0 aromatic heterocycles. The van der Waals surface area contributed by atoms with E-state index in [-0.39, 0.29) is 16.8 Å². The van der Waals surface area contributed by atoms with Crippen molar-refractivity contribution in [1.29, 1.82) is 0 Å². The van der Waals surface area contributed by atoms with Crippen LogP contribution in [0, 0.1) is 11.8 Å². The first-order valence-corrected chi connectivity index (χ1v) is 10.5. The summed E-state index contributed by atoms with van der Waals surface area (Å²) in [5.74, 6) is 1.18. The molecule has 4 rings (SSSR count). The lowest BCUT2D eigenvalue weighted by molar-refractivity contribution is 0.0730. The largest absolute Gasteiger partial charge is 0.379 e. The number of carbonyl (C=O) groups excluding carboxylic acids is 1. The predicted molar refractivity (Wildman–Crippen MR) is 92.7 cm³/mol. The van der Waals surface area contributed by atoms with Gasteiger partial charge < -0.3 is 10.1 Å². The molecule has 3 aliphatic rings. The molecule has 1 aromatic carbocycles. The number of sulfonamides is 1. The summed E-state index contributed by atoms with van der Waals surface area (Å²) in [4.78, 5) is 12.8. The first-order chi connectivity index (χ1) is 12.0. The highest BCUT2D eigenvalue weighted by molar-refractivity contribution is 7.89. The van der Waals surface area contributed by atoms with Crippen LogP contribution in [0.3, 0.4) is 0 Å². The van der Waals surface area contributed by atoms with Crippen LogP contribution in [0.2, 0.25) is 0 Å². The minimum atomic E-state index is -3.58. The third kappa shape index (κ3) is 3.32. The van der Waals surface area contributed by atoms with Crippen LogP contribution >= 0.6 is 0 Å². The summed E-state index contributed by atoms with van der Waals surface area (Å²) in [6.07, 6.45) is 4.75. The van der Waals surface area contributed by atoms with Crippen molar-refractivity contribution >= 4 is 15.9 Å². The van der Waals surface area contributed by atoms with Crippen molar-refractivity contribution in [2.45, 2.75) is 36.6 Å². The molecule has 3 unspecified atom stereocenters. The van der Waals surface area contributed by atoms with E-state index in [9.17, 15) is 13.2 Å². The number of ether oxygens (including phenoxy) is 1. The number of rotatable bonds is 4. The van der Waals surface area contributed by atoms with E-state index in [0.29, 0.717) is 37.8 Å². The van der Waals surface area contributed by atoms with Crippen LogP contribution in [0.25, 0.3) is 0 Å². The molecule has 136 valence electrons. The Morgan fingerprint density at radius 2 is 1.96 bits per heavy atom. The number of carbonyl (C=O) groups is 1. The summed E-state index contributed by atoms with van der Waals surface area (Å²) >= 11 is 0. The van der Waals surface area contributed by atoms with Gasteiger partial charge in [-0.25, -0.2) is 8.42 Å². The van der Waals surface area contributed by atoms with E-state index in [0.717, 1.165) is 12.3 Å². The lowest BCUT2D eigenvalue weighted by atomic mass is 9.95. The van der Waals surface area contributed by atoms with Gasteiger partial charge in [0.2, 0.25) is 10.0 Å². The molecule has 0 radical (unpaired) electrons. The van der Waals surface area contributed by atoms with Crippen molar-refractivity contribution in [1.82, 2.24) is 9.62 Å². The first kappa shape index (κ1) is 17.0. The number of morpholine rings is 1. The lowest BCUT2D eigenvalue weighted by Crippen LogP contribution is -2.41. The molecule has 2 bridgehead atoms. The van der Waals surface area contributed by atoms with Crippen LogP contribution in [0.15, 0.2) is 29.2 Å². The maximum Gasteiger partial charge on any atom is 0.251 e. The third-order valence-corrected chi connectivity index (χ3v) is 7.65. The van der Waals surface area contributed by atoms with Gasteiger partial charge in [-0.1, -0.05) is 12.5 Å². The fourth-order valence-electron chi connectivity index (χ4n) is 4.41. The van der Waals surface area contributed by atoms with Gasteiger partial charge in [0.25, 0.3) is 5.91 Å². The molecule has 3 atom stereocenters. The van der Waals surface area contributed by atoms with E-state index >= 15 is 0 Å². The van der Waals surface area contributed by atoms with E-state index < -0.39 is 10.0 Å². The standard InChI is InChI=1S/C18H24N2O4S/c21-18(19-17-11-13-4-5-14(17)10-13)15-2-1-3-16(12-15)25(22,23)20-6-8-24-9-7-20/h1-3,12-14,17H,4-11H2,(H,19,21). The molecule has 6 nitrogen and oxygen atoms in total. The fraction of sp³-hybridized carbons (Fsp3) is 0.611. The van der Waals surface area contributed by atoms with Crippen molar-refractivity contribution in [3.8, 4) is 0 Å². The second kappa shape index (κ2) is 6.70. The van der Waals surface area contributed by atoms with Crippen LogP contribution in [0.5, 0.6) is 0 Å². The van der Waals surface area contributed by atoms with Crippen LogP contribution in [-0.4, -0.2) is 51.0 Å². The molecule has 0 spiro atoms. The highest BCUT2D eigenvalue weighted by Crippen LogP contribution is 2.44. The summed E-state index contributed by atoms with van der Waals surface area (Å²) in [5.41, 5.74) is 0.414. The number of fused-ring (bicyclic) bond motifs is 2. The van der Waals surface area contributed by atoms with E-state index in [4.69, 9.17) is 4.74 Å². The van der Waals surface area contributed by atoms with Gasteiger partial charge in [0.15, 0.2) is 0 Å². The highest BCUT2D eigenvalue weighted by atomic mass is 32.2. The Kier molecular flexibility index (Phi) is 4.56. The van der Waals surface area contributed by atoms with Crippen molar-refractivity contribution < 1.29 is 17.9 Å². The normalized spacial score (nSPS) is 29.7. The number of amides is 1. The van der Waals surface area contributed by atoms with E-state index in [1.165, 1.54) is 29.6 Å². The van der Waals surface area contributed by atoms with Crippen LogP contribution in [0.1, 0.15) is 36.0 Å². The molecule has 1 N–H and O–H groups in total. The van der Waals surface area contributed by atoms with Gasteiger partial charge in [0.05, 0.1) is 18.1 Å². The minimum Gasteiger partial charge on any atom is -0.379 e. The van der Waals surface area contributed by atoms with Gasteiger partial charge in [-0.2, -0.15) is 4.31 Å². The topological polar surface area (TPSA) is 75.7 Å². The van der Waals surface area contributed by atoms with Crippen LogP contribution in [0.4, 0.5) is 0 Å². The van der Waals surface area contributed by atoms with E-state index in [2.05, 4.69) is 5.32 Å². The Balaban J connectivity index is 1.49. The van der Waals surface area contributed by atoms with Crippen molar-refractivity contribution in [2.75, 3.05) is 26.3 Å². The summed E-state index contributed by atoms with van der Waals surface area (Å²) in [6.45, 7) is 1.51. The SMILES string of the molecule is O=C(NC1CC2CCC1C2)c1cccc(S(=O)(=O)N2CCOCC2)c1. The van der Waals surface area contributed by atoms with Gasteiger partial charge in [0.1, 0.15) is 0 Å². The zero-order valence-corrected chi connectivity index (χ0v) is 15.0. The van der Waals surface area contributed by atoms with Crippen molar-refractivity contribution in [2.24, 2.45) is 11.8 Å². The smallest absolute Gasteiger partial charge is 0.251 e. The average Bonchev–Trinajstić information content (AvgIpc) is 3.25. The van der Waals surface area contributed by atoms with Crippen LogP contribution in [-0.2, 0) is 14.8 Å². The molecule has 1 saturated heterocycles. The number of hydrogen-bond acceptors (Lipinski definition) is 4. The summed E-state index contributed by atoms with van der Waals surface area (Å²) < 4.78 is 32.1. The van der Waals surface area contributed by atoms with Crippen molar-refractivity contribution in [3.63, 3.8) is 0 Å². The van der Waals surface area contributed by atoms with Gasteiger partial charge in [0, 0.05) is 24.7 Å². The van der Waals surface area contributed by atoms with Gasteiger partial charge in [-0.15, -0.1) is 0 Å². The molecule has 25 heavy (non-hydrogen) atoms. The average molecular weight is 364 g/mol. The number of benzene rings is 1. The molecular formula is C18H24N2O4S. The Labute approximate surface area is 148 Å². The minimum absolute atomic E-state index is 0.170. The van der Waals surface area contributed by atoms with E-state index in [1.807, 2.05) is 0 Å². The Morgan fingerprint density at radius 3 is 2.64 bits per heavy atom. The summed E-state index contributed by atoms with van der Waals surface area (Å²) in [6, 6.07) is 6.61. The molecule has 3 fully saturated rings. The second-order valence-electron chi connectivity index (χ2n) is 7.30. The molecule has 2 aliphatic carbocycles. The monoisotopic (exact) mass is 364 g/mol. The predicted octanol–water partition coefficient (Wildman–Crippen LogP) is 1.63. The Bertz CT molecular complexity index is 758. The zero-order valence-electron chi connectivity index (χ0n) is 14.2. The molecule has 1 aromatic rings. The zero-order chi connectivity index (χ0) is 17.4. The van der Waals surface area contributed by atoms with E-state index in [1.54, 1.807) is 18.2 Å². The summed E-state index contributed by atoms with van der Waals surface area (Å²) in [7, 11) is -3.58. The maximum absolute atomic E-state index is 12.7. The first-order valence-electron chi connectivity index (χ1n) is 9.03. The third-order valence-electron chi connectivity index (χ3n) is 5.76. The Hall–Kier alpha value is -1.44. The molecule has 2 saturated carbocycles. The molecule has 1 heterocycles. The lowest BCUT2D eigenvalue weighted by Gasteiger charge is -2.26. The van der Waals surface area contributed by atoms with Crippen molar-refractivity contribution in [3.05, 3.63) is 29.8 Å². The number of hydrogen-bond donors (Lipinski definition) is 1. The summed E-state index contributed by atoms with van der Waals surface area (Å²) in [5, 5.41) is 3.12. The second-order valence-corrected chi connectivity index (χ2v) is 9.24. The Morgan fingerprint density at radius 1 is 1.16 bits per heavy atom. The van der Waals surface area contributed by atoms with Crippen LogP contribution < -0.4 is 5.32 Å². The molecule has 7 heteroatoms.